The van der Waals surface area contributed by atoms with Gasteiger partial charge in [-0.15, -0.1) is 0 Å². The summed E-state index contributed by atoms with van der Waals surface area (Å²) in [5.74, 6) is -0.883. The Morgan fingerprint density at radius 2 is 1.55 bits per heavy atom. The van der Waals surface area contributed by atoms with E-state index in [-0.39, 0.29) is 17.0 Å². The van der Waals surface area contributed by atoms with Crippen molar-refractivity contribution in [1.29, 1.82) is 0 Å². The molecular formula is C27H20F3N3O4S. The van der Waals surface area contributed by atoms with Crippen molar-refractivity contribution in [1.82, 2.24) is 9.71 Å². The first-order valence-corrected chi connectivity index (χ1v) is 12.8. The number of amides is 1. The molecule has 0 aliphatic carbocycles. The topological polar surface area (TPSA) is 99.6 Å². The van der Waals surface area contributed by atoms with Gasteiger partial charge in [-0.3, -0.25) is 9.78 Å². The second-order valence-electron chi connectivity index (χ2n) is 8.66. The summed E-state index contributed by atoms with van der Waals surface area (Å²) >= 11 is 0. The van der Waals surface area contributed by atoms with Gasteiger partial charge >= 0.3 is 6.18 Å². The zero-order valence-corrected chi connectivity index (χ0v) is 20.4. The minimum Gasteiger partial charge on any atom is -0.363 e. The van der Waals surface area contributed by atoms with E-state index in [2.05, 4.69) is 9.71 Å². The number of para-hydroxylation sites is 1. The third-order valence-electron chi connectivity index (χ3n) is 6.15. The maximum atomic E-state index is 13.5. The molecule has 0 saturated heterocycles. The quantitative estimate of drug-likeness (QED) is 0.353. The van der Waals surface area contributed by atoms with Crippen LogP contribution in [0.2, 0.25) is 0 Å². The van der Waals surface area contributed by atoms with Gasteiger partial charge in [-0.25, -0.2) is 8.42 Å². The van der Waals surface area contributed by atoms with Crippen LogP contribution in [0.5, 0.6) is 0 Å². The number of aromatic nitrogens is 1. The monoisotopic (exact) mass is 539 g/mol. The van der Waals surface area contributed by atoms with Crippen LogP contribution >= 0.6 is 0 Å². The number of aliphatic hydroxyl groups is 1. The molecule has 4 aromatic rings. The molecule has 0 bridgehead atoms. The van der Waals surface area contributed by atoms with Crippen LogP contribution in [0.25, 0.3) is 11.1 Å². The number of hydrogen-bond acceptors (Lipinski definition) is 5. The smallest absolute Gasteiger partial charge is 0.363 e. The molecule has 3 aromatic carbocycles. The molecule has 1 aliphatic heterocycles. The second-order valence-corrected chi connectivity index (χ2v) is 10.3. The fourth-order valence-corrected chi connectivity index (χ4v) is 5.51. The van der Waals surface area contributed by atoms with E-state index in [1.807, 2.05) is 0 Å². The summed E-state index contributed by atoms with van der Waals surface area (Å²) in [6.07, 6.45) is -3.48. The van der Waals surface area contributed by atoms with Crippen LogP contribution in [0.4, 0.5) is 18.9 Å². The van der Waals surface area contributed by atoms with Gasteiger partial charge in [0.05, 0.1) is 17.1 Å². The fraction of sp³-hybridized carbons (Fsp3) is 0.111. The van der Waals surface area contributed by atoms with Crippen molar-refractivity contribution in [3.63, 3.8) is 0 Å². The predicted molar refractivity (Wildman–Crippen MR) is 133 cm³/mol. The number of nitrogens with zero attached hydrogens (tertiary/aromatic N) is 2. The lowest BCUT2D eigenvalue weighted by molar-refractivity contribution is -0.141. The number of rotatable bonds is 6. The SMILES string of the molecule is O=C1N(Cc2ccc(-c3ccnc(C(F)(F)F)c3)cc2)c2ccccc2C1(O)NS(=O)(=O)c1ccccc1. The predicted octanol–water partition coefficient (Wildman–Crippen LogP) is 4.44. The summed E-state index contributed by atoms with van der Waals surface area (Å²) in [7, 11) is -4.26. The van der Waals surface area contributed by atoms with Crippen molar-refractivity contribution in [2.75, 3.05) is 4.90 Å². The Hall–Kier alpha value is -4.06. The molecule has 11 heteroatoms. The number of halogens is 3. The van der Waals surface area contributed by atoms with E-state index >= 15 is 0 Å². The molecular weight excluding hydrogens is 519 g/mol. The third-order valence-corrected chi connectivity index (χ3v) is 7.61. The van der Waals surface area contributed by atoms with Crippen LogP contribution in [0, 0.1) is 0 Å². The minimum atomic E-state index is -4.57. The average molecular weight is 540 g/mol. The molecule has 1 aliphatic rings. The molecule has 2 N–H and O–H groups in total. The molecule has 1 unspecified atom stereocenters. The van der Waals surface area contributed by atoms with Crippen LogP contribution in [-0.4, -0.2) is 24.4 Å². The Morgan fingerprint density at radius 1 is 0.895 bits per heavy atom. The average Bonchev–Trinajstić information content (AvgIpc) is 3.10. The maximum absolute atomic E-state index is 13.5. The molecule has 2 heterocycles. The number of anilines is 1. The summed E-state index contributed by atoms with van der Waals surface area (Å²) in [6.45, 7) is -0.0182. The molecule has 38 heavy (non-hydrogen) atoms. The summed E-state index contributed by atoms with van der Waals surface area (Å²) in [5, 5.41) is 11.4. The van der Waals surface area contributed by atoms with Crippen molar-refractivity contribution in [2.24, 2.45) is 0 Å². The van der Waals surface area contributed by atoms with E-state index in [1.165, 1.54) is 41.3 Å². The Bertz CT molecular complexity index is 1610. The normalized spacial score (nSPS) is 17.5. The highest BCUT2D eigenvalue weighted by Crippen LogP contribution is 2.40. The molecule has 1 aromatic heterocycles. The standard InChI is InChI=1S/C27H20F3N3O4S/c28-27(29,30)24-16-20(14-15-31-24)19-12-10-18(11-13-19)17-33-23-9-5-4-8-22(23)26(35,25(33)34)32-38(36,37)21-6-2-1-3-7-21/h1-16,32,35H,17H2. The Balaban J connectivity index is 1.42. The first-order valence-electron chi connectivity index (χ1n) is 11.3. The zero-order valence-electron chi connectivity index (χ0n) is 19.6. The third kappa shape index (κ3) is 4.67. The van der Waals surface area contributed by atoms with Gasteiger partial charge in [0.25, 0.3) is 5.91 Å². The molecule has 0 spiro atoms. The molecule has 1 atom stereocenters. The van der Waals surface area contributed by atoms with Gasteiger partial charge in [0, 0.05) is 11.8 Å². The van der Waals surface area contributed by atoms with Gasteiger partial charge < -0.3 is 10.0 Å². The lowest BCUT2D eigenvalue weighted by Gasteiger charge is -2.24. The van der Waals surface area contributed by atoms with Crippen molar-refractivity contribution in [3.05, 3.63) is 114 Å². The largest absolute Gasteiger partial charge is 0.433 e. The summed E-state index contributed by atoms with van der Waals surface area (Å²) in [5.41, 5.74) is -1.68. The summed E-state index contributed by atoms with van der Waals surface area (Å²) in [6, 6.07) is 22.6. The van der Waals surface area contributed by atoms with Crippen molar-refractivity contribution in [2.45, 2.75) is 23.3 Å². The highest BCUT2D eigenvalue weighted by atomic mass is 32.2. The molecule has 0 radical (unpaired) electrons. The van der Waals surface area contributed by atoms with Gasteiger partial charge in [-0.2, -0.15) is 17.9 Å². The maximum Gasteiger partial charge on any atom is 0.433 e. The van der Waals surface area contributed by atoms with Gasteiger partial charge in [-0.1, -0.05) is 60.7 Å². The molecule has 0 saturated carbocycles. The first-order chi connectivity index (χ1) is 18.0. The molecule has 194 valence electrons. The summed E-state index contributed by atoms with van der Waals surface area (Å²) in [4.78, 5) is 18.0. The Labute approximate surface area is 216 Å². The van der Waals surface area contributed by atoms with Crippen LogP contribution in [0.15, 0.2) is 102 Å². The number of carbonyl (C=O) groups excluding carboxylic acids is 1. The number of carbonyl (C=O) groups is 1. The van der Waals surface area contributed by atoms with Crippen LogP contribution in [-0.2, 0) is 33.3 Å². The van der Waals surface area contributed by atoms with Crippen LogP contribution in [0.1, 0.15) is 16.8 Å². The number of benzene rings is 3. The summed E-state index contributed by atoms with van der Waals surface area (Å²) < 4.78 is 67.2. The second kappa shape index (κ2) is 9.35. The Kier molecular flexibility index (Phi) is 6.30. The van der Waals surface area contributed by atoms with E-state index in [1.54, 1.807) is 48.5 Å². The first kappa shape index (κ1) is 25.6. The van der Waals surface area contributed by atoms with E-state index in [0.29, 0.717) is 22.4 Å². The highest BCUT2D eigenvalue weighted by Gasteiger charge is 2.52. The van der Waals surface area contributed by atoms with Gasteiger partial charge in [0.2, 0.25) is 15.7 Å². The van der Waals surface area contributed by atoms with Gasteiger partial charge in [0.15, 0.2) is 0 Å². The fourth-order valence-electron chi connectivity index (χ4n) is 4.29. The van der Waals surface area contributed by atoms with E-state index in [0.717, 1.165) is 12.3 Å². The number of hydrogen-bond donors (Lipinski definition) is 2. The number of pyridine rings is 1. The van der Waals surface area contributed by atoms with E-state index < -0.39 is 33.5 Å². The molecule has 7 nitrogen and oxygen atoms in total. The Morgan fingerprint density at radius 3 is 2.24 bits per heavy atom. The van der Waals surface area contributed by atoms with E-state index in [4.69, 9.17) is 0 Å². The van der Waals surface area contributed by atoms with Crippen LogP contribution in [0.3, 0.4) is 0 Å². The minimum absolute atomic E-state index is 0.0182. The lowest BCUT2D eigenvalue weighted by Crippen LogP contribution is -2.52. The molecule has 1 amide bonds. The molecule has 5 rings (SSSR count). The number of alkyl halides is 3. The zero-order chi connectivity index (χ0) is 27.1. The van der Waals surface area contributed by atoms with Crippen LogP contribution < -0.4 is 9.62 Å². The lowest BCUT2D eigenvalue weighted by atomic mass is 10.0. The molecule has 0 fully saturated rings. The number of fused-ring (bicyclic) bond motifs is 1. The van der Waals surface area contributed by atoms with Gasteiger partial charge in [0.1, 0.15) is 5.69 Å². The van der Waals surface area contributed by atoms with Crippen molar-refractivity contribution < 1.29 is 31.5 Å². The number of sulfonamides is 1. The highest BCUT2D eigenvalue weighted by molar-refractivity contribution is 7.89. The van der Waals surface area contributed by atoms with E-state index in [9.17, 15) is 31.5 Å². The van der Waals surface area contributed by atoms with Gasteiger partial charge in [-0.05, 0) is 47.0 Å². The number of nitrogens with one attached hydrogen (secondary N) is 1. The van der Waals surface area contributed by atoms with Crippen molar-refractivity contribution >= 4 is 21.6 Å². The van der Waals surface area contributed by atoms with Crippen molar-refractivity contribution in [3.8, 4) is 11.1 Å².